The Bertz CT molecular complexity index is 1170. The summed E-state index contributed by atoms with van der Waals surface area (Å²) >= 11 is 0. The van der Waals surface area contributed by atoms with Crippen LogP contribution in [0.5, 0.6) is 5.75 Å². The van der Waals surface area contributed by atoms with Crippen LogP contribution in [0.4, 0.5) is 37.4 Å². The molecule has 0 N–H and O–H groups in total. The highest BCUT2D eigenvalue weighted by atomic mass is 32.5. The largest absolute Gasteiger partial charge is 0.511 e. The molecule has 2 unspecified atom stereocenters. The molecule has 40 heavy (non-hydrogen) atoms. The second kappa shape index (κ2) is 11.1. The minimum Gasteiger partial charge on any atom is -0.475 e. The van der Waals surface area contributed by atoms with E-state index in [4.69, 9.17) is 9.47 Å². The van der Waals surface area contributed by atoms with Crippen LogP contribution in [-0.4, -0.2) is 62.2 Å². The van der Waals surface area contributed by atoms with E-state index in [0.717, 1.165) is 6.92 Å². The maximum Gasteiger partial charge on any atom is 0.511 e. The van der Waals surface area contributed by atoms with Crippen LogP contribution in [0, 0.1) is 10.1 Å². The van der Waals surface area contributed by atoms with Gasteiger partial charge in [0, 0.05) is 12.5 Å². The molecule has 1 aliphatic heterocycles. The topological polar surface area (TPSA) is 133 Å². The molecule has 0 aliphatic carbocycles. The van der Waals surface area contributed by atoms with E-state index in [1.807, 2.05) is 0 Å². The average molecular weight is 619 g/mol. The van der Waals surface area contributed by atoms with Crippen molar-refractivity contribution in [3.05, 3.63) is 38.9 Å². The molecule has 2 rings (SSSR count). The fourth-order valence-electron chi connectivity index (χ4n) is 3.12. The zero-order valence-electron chi connectivity index (χ0n) is 20.4. The number of fused-ring (bicyclic) bond motifs is 1. The lowest BCUT2D eigenvalue weighted by Crippen LogP contribution is -2.41. The highest BCUT2D eigenvalue weighted by Crippen LogP contribution is 3.02. The minimum atomic E-state index is -10.3. The quantitative estimate of drug-likeness (QED) is 0.0698. The van der Waals surface area contributed by atoms with Gasteiger partial charge in [0.1, 0.15) is 23.9 Å². The van der Waals surface area contributed by atoms with E-state index in [1.54, 1.807) is 0 Å². The highest BCUT2D eigenvalue weighted by molar-refractivity contribution is 8.45. The summed E-state index contributed by atoms with van der Waals surface area (Å²) in [6.07, 6.45) is -11.9. The van der Waals surface area contributed by atoms with Crippen LogP contribution in [0.3, 0.4) is 0 Å². The molecule has 0 fully saturated rings. The van der Waals surface area contributed by atoms with E-state index in [9.17, 15) is 52.3 Å². The fourth-order valence-corrected chi connectivity index (χ4v) is 3.84. The van der Waals surface area contributed by atoms with Crippen LogP contribution in [-0.2, 0) is 35.0 Å². The standard InChI is InChI=1S/C20H21F8NO10S/c1-3-12-8-14(40(24,25,26,27)28)9-13-10-15(17(20(21,22)23)39-16(12)13)18(30)37-11(2)38-19(31)35-6-4-34-5-7-36-29(32)33/h8-11,17H,3-7H2,1-2H3. The molecule has 20 heteroatoms. The van der Waals surface area contributed by atoms with Crippen LogP contribution in [0.25, 0.3) is 6.08 Å². The number of hydrogen-bond acceptors (Lipinski definition) is 10. The molecule has 0 spiro atoms. The monoisotopic (exact) mass is 619 g/mol. The number of rotatable bonds is 12. The van der Waals surface area contributed by atoms with Crippen molar-refractivity contribution in [3.63, 3.8) is 0 Å². The number of carbonyl (C=O) groups excluding carboxylic acids is 2. The van der Waals surface area contributed by atoms with Crippen molar-refractivity contribution in [1.29, 1.82) is 0 Å². The number of ether oxygens (including phenoxy) is 5. The van der Waals surface area contributed by atoms with Gasteiger partial charge in [-0.1, -0.05) is 26.4 Å². The van der Waals surface area contributed by atoms with Crippen LogP contribution in [0.2, 0.25) is 0 Å². The van der Waals surface area contributed by atoms with E-state index < -0.39 is 93.0 Å². The Balaban J connectivity index is 2.17. The molecule has 1 aromatic rings. The van der Waals surface area contributed by atoms with Gasteiger partial charge in [0.25, 0.3) is 5.09 Å². The second-order valence-corrected chi connectivity index (χ2v) is 10.2. The predicted octanol–water partition coefficient (Wildman–Crippen LogP) is 5.88. The van der Waals surface area contributed by atoms with E-state index in [-0.39, 0.29) is 31.4 Å². The summed E-state index contributed by atoms with van der Waals surface area (Å²) in [7, 11) is -10.3. The van der Waals surface area contributed by atoms with E-state index in [0.29, 0.717) is 0 Å². The number of aryl methyl sites for hydroxylation is 1. The Morgan fingerprint density at radius 2 is 1.70 bits per heavy atom. The lowest BCUT2D eigenvalue weighted by molar-refractivity contribution is -0.758. The first-order chi connectivity index (χ1) is 18.1. The summed E-state index contributed by atoms with van der Waals surface area (Å²) in [6.45, 7) is 0.693. The zero-order chi connectivity index (χ0) is 30.6. The molecular weight excluding hydrogens is 598 g/mol. The molecule has 2 atom stereocenters. The van der Waals surface area contributed by atoms with Crippen molar-refractivity contribution < 1.29 is 75.8 Å². The molecule has 1 heterocycles. The second-order valence-electron chi connectivity index (χ2n) is 7.82. The van der Waals surface area contributed by atoms with Crippen molar-refractivity contribution in [1.82, 2.24) is 0 Å². The summed E-state index contributed by atoms with van der Waals surface area (Å²) in [5, 5.41) is 8.89. The average Bonchev–Trinajstić information content (AvgIpc) is 2.79. The number of nitrogens with zero attached hydrogens (tertiary/aromatic N) is 1. The van der Waals surface area contributed by atoms with Gasteiger partial charge in [0.15, 0.2) is 0 Å². The van der Waals surface area contributed by atoms with Crippen molar-refractivity contribution in [2.24, 2.45) is 0 Å². The predicted molar refractivity (Wildman–Crippen MR) is 117 cm³/mol. The Morgan fingerprint density at radius 1 is 1.07 bits per heavy atom. The van der Waals surface area contributed by atoms with Gasteiger partial charge in [-0.3, -0.25) is 0 Å². The zero-order valence-corrected chi connectivity index (χ0v) is 21.2. The van der Waals surface area contributed by atoms with Crippen LogP contribution >= 0.6 is 10.2 Å². The molecule has 0 aromatic heterocycles. The summed E-state index contributed by atoms with van der Waals surface area (Å²) in [4.78, 5) is 35.6. The van der Waals surface area contributed by atoms with Crippen molar-refractivity contribution in [3.8, 4) is 5.75 Å². The molecule has 228 valence electrons. The van der Waals surface area contributed by atoms with Crippen LogP contribution in [0.15, 0.2) is 22.6 Å². The number of alkyl halides is 3. The van der Waals surface area contributed by atoms with E-state index in [2.05, 4.69) is 19.0 Å². The maximum absolute atomic E-state index is 13.7. The first-order valence-corrected chi connectivity index (χ1v) is 12.8. The van der Waals surface area contributed by atoms with Gasteiger partial charge < -0.3 is 28.5 Å². The Hall–Kier alpha value is -3.55. The van der Waals surface area contributed by atoms with E-state index in [1.165, 1.54) is 6.92 Å². The normalized spacial score (nSPS) is 17.6. The molecule has 1 aromatic carbocycles. The number of hydrogen-bond donors (Lipinski definition) is 0. The summed E-state index contributed by atoms with van der Waals surface area (Å²) in [5.74, 6) is -2.63. The van der Waals surface area contributed by atoms with E-state index >= 15 is 0 Å². The van der Waals surface area contributed by atoms with Gasteiger partial charge in [0.2, 0.25) is 12.4 Å². The third kappa shape index (κ3) is 9.28. The summed E-state index contributed by atoms with van der Waals surface area (Å²) in [5.41, 5.74) is -2.91. The third-order valence-electron chi connectivity index (χ3n) is 4.76. The van der Waals surface area contributed by atoms with Gasteiger partial charge in [-0.05, 0) is 30.2 Å². The summed E-state index contributed by atoms with van der Waals surface area (Å²) in [6, 6.07) is -0.156. The van der Waals surface area contributed by atoms with Crippen LogP contribution < -0.4 is 4.74 Å². The van der Waals surface area contributed by atoms with Gasteiger partial charge in [-0.2, -0.15) is 13.2 Å². The number of esters is 1. The lowest BCUT2D eigenvalue weighted by Gasteiger charge is -2.41. The lowest BCUT2D eigenvalue weighted by atomic mass is 9.98. The van der Waals surface area contributed by atoms with Gasteiger partial charge in [-0.25, -0.2) is 9.59 Å². The highest BCUT2D eigenvalue weighted by Gasteiger charge is 2.66. The smallest absolute Gasteiger partial charge is 0.475 e. The van der Waals surface area contributed by atoms with Gasteiger partial charge in [-0.15, -0.1) is 10.1 Å². The minimum absolute atomic E-state index is 0.0159. The Kier molecular flexibility index (Phi) is 9.10. The molecular formula is C20H21F8NO10S. The van der Waals surface area contributed by atoms with Crippen molar-refractivity contribution in [2.75, 3.05) is 26.4 Å². The maximum atomic E-state index is 13.7. The van der Waals surface area contributed by atoms with Crippen molar-refractivity contribution >= 4 is 28.4 Å². The van der Waals surface area contributed by atoms with Crippen molar-refractivity contribution in [2.45, 2.75) is 43.7 Å². The first-order valence-electron chi connectivity index (χ1n) is 10.9. The van der Waals surface area contributed by atoms with Gasteiger partial charge >= 0.3 is 28.5 Å². The molecule has 1 aliphatic rings. The molecule has 0 amide bonds. The molecule has 11 nitrogen and oxygen atoms in total. The number of carbonyl (C=O) groups is 2. The van der Waals surface area contributed by atoms with Crippen LogP contribution in [0.1, 0.15) is 25.0 Å². The summed E-state index contributed by atoms with van der Waals surface area (Å²) < 4.78 is 131. The fraction of sp³-hybridized carbons (Fsp3) is 0.500. The third-order valence-corrected chi connectivity index (χ3v) is 5.89. The number of benzene rings is 1. The Labute approximate surface area is 219 Å². The molecule has 0 radical (unpaired) electrons. The number of halogens is 8. The molecule has 0 bridgehead atoms. The Morgan fingerprint density at radius 3 is 2.25 bits per heavy atom. The molecule has 0 saturated heterocycles. The molecule has 0 saturated carbocycles. The SMILES string of the molecule is CCc1cc(S(F)(F)(F)(F)F)cc2c1OC(C(F)(F)F)C(C(=O)OC(C)OC(=O)OCCOCCO[N+](=O)[O-])=C2. The van der Waals surface area contributed by atoms with Gasteiger partial charge in [0.05, 0.1) is 18.8 Å². The first kappa shape index (κ1) is 32.7.